The van der Waals surface area contributed by atoms with E-state index in [1.54, 1.807) is 44.2 Å². The zero-order valence-electron chi connectivity index (χ0n) is 17.0. The molecule has 0 aliphatic carbocycles. The largest absolute Gasteiger partial charge is 0.465 e. The summed E-state index contributed by atoms with van der Waals surface area (Å²) < 4.78 is 10.4. The number of hydrogen-bond acceptors (Lipinski definition) is 5. The molecule has 0 heterocycles. The third-order valence-corrected chi connectivity index (χ3v) is 4.72. The molecule has 154 valence electrons. The van der Waals surface area contributed by atoms with Crippen LogP contribution in [0.2, 0.25) is 0 Å². The van der Waals surface area contributed by atoms with Gasteiger partial charge in [-0.05, 0) is 44.9 Å². The minimum absolute atomic E-state index is 0.110. The summed E-state index contributed by atoms with van der Waals surface area (Å²) in [4.78, 5) is 38.6. The molecule has 1 N–H and O–H groups in total. The zero-order chi connectivity index (χ0) is 21.3. The molecule has 2 rings (SSSR count). The van der Waals surface area contributed by atoms with Gasteiger partial charge in [-0.3, -0.25) is 14.4 Å². The summed E-state index contributed by atoms with van der Waals surface area (Å²) in [6.45, 7) is 5.01. The van der Waals surface area contributed by atoms with E-state index in [2.05, 4.69) is 5.32 Å². The molecule has 29 heavy (non-hydrogen) atoms. The van der Waals surface area contributed by atoms with Crippen LogP contribution in [-0.4, -0.2) is 37.1 Å². The average Bonchev–Trinajstić information content (AvgIpc) is 2.74. The van der Waals surface area contributed by atoms with Crippen LogP contribution in [0.25, 0.3) is 0 Å². The first-order chi connectivity index (χ1) is 13.9. The van der Waals surface area contributed by atoms with Crippen molar-refractivity contribution in [2.24, 2.45) is 5.41 Å². The maximum atomic E-state index is 12.9. The maximum Gasteiger partial charge on any atom is 0.325 e. The van der Waals surface area contributed by atoms with Gasteiger partial charge in [-0.25, -0.2) is 0 Å². The normalized spacial score (nSPS) is 12.0. The highest BCUT2D eigenvalue weighted by Crippen LogP contribution is 2.29. The molecule has 6 heteroatoms. The minimum Gasteiger partial charge on any atom is -0.465 e. The molecule has 2 aromatic rings. The van der Waals surface area contributed by atoms with Crippen LogP contribution in [0.4, 0.5) is 0 Å². The van der Waals surface area contributed by atoms with Crippen LogP contribution < -0.4 is 5.32 Å². The van der Waals surface area contributed by atoms with Gasteiger partial charge in [0.2, 0.25) is 0 Å². The first-order valence-electron chi connectivity index (χ1n) is 9.67. The van der Waals surface area contributed by atoms with Crippen molar-refractivity contribution in [3.63, 3.8) is 0 Å². The van der Waals surface area contributed by atoms with Crippen LogP contribution in [0.1, 0.15) is 36.7 Å². The van der Waals surface area contributed by atoms with E-state index in [1.165, 1.54) is 6.92 Å². The lowest BCUT2D eigenvalue weighted by molar-refractivity contribution is -0.172. The van der Waals surface area contributed by atoms with Crippen LogP contribution in [0.15, 0.2) is 60.7 Å². The van der Waals surface area contributed by atoms with Crippen LogP contribution in [0, 0.1) is 5.41 Å². The zero-order valence-corrected chi connectivity index (χ0v) is 17.0. The maximum absolute atomic E-state index is 12.9. The molecule has 2 aromatic carbocycles. The SMILES string of the molecule is CCOC(=O)C(C)(C(=O)OCC)C(Cc1ccccc1)NC(=O)c1ccccc1. The number of rotatable bonds is 9. The molecular formula is C23H27NO5. The van der Waals surface area contributed by atoms with E-state index in [4.69, 9.17) is 9.47 Å². The van der Waals surface area contributed by atoms with E-state index < -0.39 is 23.4 Å². The van der Waals surface area contributed by atoms with E-state index in [0.29, 0.717) is 5.56 Å². The van der Waals surface area contributed by atoms with Crippen LogP contribution in [0.5, 0.6) is 0 Å². The van der Waals surface area contributed by atoms with E-state index in [9.17, 15) is 14.4 Å². The van der Waals surface area contributed by atoms with Crippen LogP contribution >= 0.6 is 0 Å². The van der Waals surface area contributed by atoms with Crippen molar-refractivity contribution in [3.8, 4) is 0 Å². The van der Waals surface area contributed by atoms with E-state index in [0.717, 1.165) is 5.56 Å². The smallest absolute Gasteiger partial charge is 0.325 e. The van der Waals surface area contributed by atoms with Crippen molar-refractivity contribution >= 4 is 17.8 Å². The molecule has 0 spiro atoms. The van der Waals surface area contributed by atoms with Crippen LogP contribution in [-0.2, 0) is 25.5 Å². The Morgan fingerprint density at radius 1 is 0.862 bits per heavy atom. The second-order valence-electron chi connectivity index (χ2n) is 6.73. The van der Waals surface area contributed by atoms with E-state index in [-0.39, 0.29) is 25.5 Å². The van der Waals surface area contributed by atoms with Crippen molar-refractivity contribution in [1.82, 2.24) is 5.32 Å². The summed E-state index contributed by atoms with van der Waals surface area (Å²) in [7, 11) is 0. The lowest BCUT2D eigenvalue weighted by Gasteiger charge is -2.34. The Labute approximate surface area is 171 Å². The molecule has 0 aliphatic rings. The predicted molar refractivity (Wildman–Crippen MR) is 109 cm³/mol. The first-order valence-corrected chi connectivity index (χ1v) is 9.67. The van der Waals surface area contributed by atoms with Crippen molar-refractivity contribution in [2.45, 2.75) is 33.2 Å². The standard InChI is InChI=1S/C23H27NO5/c1-4-28-21(26)23(3,22(27)29-5-2)19(16-17-12-8-6-9-13-17)24-20(25)18-14-10-7-11-15-18/h6-15,19H,4-5,16H2,1-3H3,(H,24,25). The van der Waals surface area contributed by atoms with E-state index in [1.807, 2.05) is 30.3 Å². The summed E-state index contributed by atoms with van der Waals surface area (Å²) in [5, 5.41) is 2.86. The highest BCUT2D eigenvalue weighted by atomic mass is 16.6. The van der Waals surface area contributed by atoms with Gasteiger partial charge < -0.3 is 14.8 Å². The number of carbonyl (C=O) groups is 3. The highest BCUT2D eigenvalue weighted by Gasteiger charge is 2.51. The van der Waals surface area contributed by atoms with Crippen LogP contribution in [0.3, 0.4) is 0 Å². The quantitative estimate of drug-likeness (QED) is 0.519. The molecule has 0 fully saturated rings. The Bertz CT molecular complexity index is 802. The fourth-order valence-corrected chi connectivity index (χ4v) is 3.01. The summed E-state index contributed by atoms with van der Waals surface area (Å²) in [6.07, 6.45) is 0.257. The number of benzene rings is 2. The van der Waals surface area contributed by atoms with Gasteiger partial charge >= 0.3 is 11.9 Å². The summed E-state index contributed by atoms with van der Waals surface area (Å²) in [6, 6.07) is 17.1. The average molecular weight is 397 g/mol. The second-order valence-corrected chi connectivity index (χ2v) is 6.73. The van der Waals surface area contributed by atoms with Gasteiger partial charge in [0.1, 0.15) is 0 Å². The molecule has 1 unspecified atom stereocenters. The fourth-order valence-electron chi connectivity index (χ4n) is 3.01. The molecule has 0 saturated carbocycles. The third-order valence-electron chi connectivity index (χ3n) is 4.72. The summed E-state index contributed by atoms with van der Waals surface area (Å²) in [5.41, 5.74) is -0.405. The van der Waals surface area contributed by atoms with Crippen molar-refractivity contribution in [3.05, 3.63) is 71.8 Å². The van der Waals surface area contributed by atoms with Crippen molar-refractivity contribution in [2.75, 3.05) is 13.2 Å². The molecule has 0 aliphatic heterocycles. The summed E-state index contributed by atoms with van der Waals surface area (Å²) in [5.74, 6) is -1.84. The van der Waals surface area contributed by atoms with Gasteiger partial charge in [-0.2, -0.15) is 0 Å². The van der Waals surface area contributed by atoms with Gasteiger partial charge in [-0.15, -0.1) is 0 Å². The minimum atomic E-state index is -1.70. The third kappa shape index (κ3) is 5.44. The lowest BCUT2D eigenvalue weighted by atomic mass is 9.78. The number of carbonyl (C=O) groups excluding carboxylic acids is 3. The number of hydrogen-bond donors (Lipinski definition) is 1. The first kappa shape index (κ1) is 22.1. The molecule has 1 amide bonds. The van der Waals surface area contributed by atoms with Gasteiger partial charge in [0.25, 0.3) is 5.91 Å². The van der Waals surface area contributed by atoms with Gasteiger partial charge in [0.05, 0.1) is 19.3 Å². The molecule has 0 aromatic heterocycles. The molecule has 1 atom stereocenters. The molecule has 0 bridgehead atoms. The molecule has 0 saturated heterocycles. The Hall–Kier alpha value is -3.15. The topological polar surface area (TPSA) is 81.7 Å². The Balaban J connectivity index is 2.44. The predicted octanol–water partition coefficient (Wildman–Crippen LogP) is 3.16. The number of amides is 1. The van der Waals surface area contributed by atoms with Gasteiger partial charge in [-0.1, -0.05) is 48.5 Å². The monoisotopic (exact) mass is 397 g/mol. The van der Waals surface area contributed by atoms with Gasteiger partial charge in [0.15, 0.2) is 5.41 Å². The number of esters is 2. The summed E-state index contributed by atoms with van der Waals surface area (Å²) >= 11 is 0. The molecule has 6 nitrogen and oxygen atoms in total. The van der Waals surface area contributed by atoms with Crippen molar-refractivity contribution < 1.29 is 23.9 Å². The Morgan fingerprint density at radius 3 is 1.83 bits per heavy atom. The van der Waals surface area contributed by atoms with Gasteiger partial charge in [0, 0.05) is 5.56 Å². The number of nitrogens with one attached hydrogen (secondary N) is 1. The molecule has 0 radical (unpaired) electrons. The van der Waals surface area contributed by atoms with E-state index >= 15 is 0 Å². The highest BCUT2D eigenvalue weighted by molar-refractivity contribution is 6.02. The lowest BCUT2D eigenvalue weighted by Crippen LogP contribution is -2.57. The molecular weight excluding hydrogens is 370 g/mol. The Morgan fingerprint density at radius 2 is 1.34 bits per heavy atom. The van der Waals surface area contributed by atoms with Crippen molar-refractivity contribution in [1.29, 1.82) is 0 Å². The number of ether oxygens (including phenoxy) is 2. The second kappa shape index (κ2) is 10.4. The fraction of sp³-hybridized carbons (Fsp3) is 0.348. The Kier molecular flexibility index (Phi) is 7.95.